The van der Waals surface area contributed by atoms with Crippen LogP contribution >= 0.6 is 0 Å². The minimum Gasteiger partial charge on any atom is -0.497 e. The first kappa shape index (κ1) is 20.8. The maximum atomic E-state index is 13.5. The van der Waals surface area contributed by atoms with E-state index in [1.807, 2.05) is 42.5 Å². The topological polar surface area (TPSA) is 86.8 Å². The molecule has 0 aliphatic carbocycles. The summed E-state index contributed by atoms with van der Waals surface area (Å²) in [6.07, 6.45) is 4.08. The molecule has 6 heteroatoms. The predicted molar refractivity (Wildman–Crippen MR) is 120 cm³/mol. The summed E-state index contributed by atoms with van der Waals surface area (Å²) in [6, 6.07) is 13.6. The standard InChI is InChI=1S/C25H27N3O3/c1-3-16-4-6-17(7-5-16)24(29)21-15-27-22-9-8-19(31-2)14-20(22)23(21)28-12-10-18(11-13-28)25(26)30/h4-9,14-15,18H,3,10-13H2,1-2H3,(H2,26,30)/p+1. The number of carbonyl (C=O) groups excluding carboxylic acids is 2. The average molecular weight is 419 g/mol. The molecule has 0 atom stereocenters. The third kappa shape index (κ3) is 4.10. The molecular formula is C25H28N3O3+. The van der Waals surface area contributed by atoms with Crippen molar-refractivity contribution in [2.24, 2.45) is 11.7 Å². The summed E-state index contributed by atoms with van der Waals surface area (Å²) in [4.78, 5) is 30.6. The lowest BCUT2D eigenvalue weighted by molar-refractivity contribution is -0.344. The number of aryl methyl sites for hydroxylation is 1. The first-order chi connectivity index (χ1) is 15.0. The number of benzene rings is 2. The lowest BCUT2D eigenvalue weighted by Crippen LogP contribution is -2.39. The van der Waals surface area contributed by atoms with Crippen LogP contribution in [0.3, 0.4) is 0 Å². The zero-order chi connectivity index (χ0) is 22.0. The minimum absolute atomic E-state index is 0.0318. The Morgan fingerprint density at radius 3 is 2.45 bits per heavy atom. The van der Waals surface area contributed by atoms with Crippen LogP contribution in [-0.2, 0) is 11.2 Å². The van der Waals surface area contributed by atoms with Crippen molar-refractivity contribution in [1.29, 1.82) is 0 Å². The Labute approximate surface area is 182 Å². The fraction of sp³-hybridized carbons (Fsp3) is 0.320. The number of H-pyrrole nitrogens is 1. The van der Waals surface area contributed by atoms with E-state index in [9.17, 15) is 9.59 Å². The van der Waals surface area contributed by atoms with Gasteiger partial charge in [0.2, 0.25) is 17.2 Å². The van der Waals surface area contributed by atoms with E-state index in [0.29, 0.717) is 37.1 Å². The highest BCUT2D eigenvalue weighted by Crippen LogP contribution is 2.34. The zero-order valence-electron chi connectivity index (χ0n) is 18.0. The number of primary amides is 1. The van der Waals surface area contributed by atoms with Gasteiger partial charge in [0.15, 0.2) is 6.20 Å². The summed E-state index contributed by atoms with van der Waals surface area (Å²) in [6.45, 7) is 3.42. The lowest BCUT2D eigenvalue weighted by Gasteiger charge is -2.33. The molecule has 1 amide bonds. The molecule has 3 N–H and O–H groups in total. The fourth-order valence-electron chi connectivity index (χ4n) is 4.28. The zero-order valence-corrected chi connectivity index (χ0v) is 18.0. The van der Waals surface area contributed by atoms with E-state index in [1.54, 1.807) is 13.3 Å². The van der Waals surface area contributed by atoms with Crippen molar-refractivity contribution >= 4 is 28.3 Å². The van der Waals surface area contributed by atoms with E-state index >= 15 is 0 Å². The average Bonchev–Trinajstić information content (AvgIpc) is 2.82. The van der Waals surface area contributed by atoms with Crippen LogP contribution < -0.4 is 20.4 Å². The number of aromatic amines is 1. The number of methoxy groups -OCH3 is 1. The van der Waals surface area contributed by atoms with Crippen LogP contribution in [-0.4, -0.2) is 31.9 Å². The third-order valence-corrected chi connectivity index (χ3v) is 6.19. The minimum atomic E-state index is -0.250. The molecule has 2 heterocycles. The van der Waals surface area contributed by atoms with E-state index in [4.69, 9.17) is 10.5 Å². The highest BCUT2D eigenvalue weighted by atomic mass is 16.5. The Kier molecular flexibility index (Phi) is 5.89. The number of ether oxygens (including phenoxy) is 1. The molecule has 1 aliphatic heterocycles. The van der Waals surface area contributed by atoms with Crippen LogP contribution in [0.15, 0.2) is 48.7 Å². The molecule has 4 rings (SSSR count). The van der Waals surface area contributed by atoms with Gasteiger partial charge in [-0.15, -0.1) is 0 Å². The number of rotatable bonds is 6. The first-order valence-corrected chi connectivity index (χ1v) is 10.7. The van der Waals surface area contributed by atoms with Gasteiger partial charge in [0.25, 0.3) is 0 Å². The largest absolute Gasteiger partial charge is 0.497 e. The number of anilines is 1. The van der Waals surface area contributed by atoms with Crippen LogP contribution in [0.2, 0.25) is 0 Å². The molecule has 1 aliphatic rings. The molecule has 1 saturated heterocycles. The number of nitrogens with two attached hydrogens (primary N) is 1. The van der Waals surface area contributed by atoms with Crippen molar-refractivity contribution in [3.63, 3.8) is 0 Å². The summed E-state index contributed by atoms with van der Waals surface area (Å²) < 4.78 is 5.45. The summed E-state index contributed by atoms with van der Waals surface area (Å²) in [5.41, 5.74) is 9.78. The SMILES string of the molecule is CCc1ccc(C(=O)c2c[nH+]c3ccc(OC)cc3c2N2CCC(C(N)=O)CC2)cc1. The number of hydrogen-bond acceptors (Lipinski definition) is 4. The molecule has 31 heavy (non-hydrogen) atoms. The Hall–Kier alpha value is -3.41. The second-order valence-corrected chi connectivity index (χ2v) is 8.01. The summed E-state index contributed by atoms with van der Waals surface area (Å²) >= 11 is 0. The number of aromatic nitrogens is 1. The Morgan fingerprint density at radius 2 is 1.84 bits per heavy atom. The van der Waals surface area contributed by atoms with Crippen molar-refractivity contribution in [2.75, 3.05) is 25.1 Å². The Bertz CT molecular complexity index is 1120. The number of hydrogen-bond donors (Lipinski definition) is 1. The molecule has 2 aromatic carbocycles. The molecule has 1 aromatic heterocycles. The Morgan fingerprint density at radius 1 is 1.13 bits per heavy atom. The second kappa shape index (κ2) is 8.76. The van der Waals surface area contributed by atoms with Crippen molar-refractivity contribution in [2.45, 2.75) is 26.2 Å². The van der Waals surface area contributed by atoms with Gasteiger partial charge in [0, 0.05) is 30.6 Å². The van der Waals surface area contributed by atoms with E-state index in [2.05, 4.69) is 16.8 Å². The van der Waals surface area contributed by atoms with Crippen LogP contribution in [0.1, 0.15) is 41.3 Å². The van der Waals surface area contributed by atoms with Gasteiger partial charge in [0.1, 0.15) is 11.3 Å². The van der Waals surface area contributed by atoms with Gasteiger partial charge in [-0.05, 0) is 37.0 Å². The Balaban J connectivity index is 1.81. The number of amides is 1. The normalized spacial score (nSPS) is 14.6. The molecule has 0 saturated carbocycles. The highest BCUT2D eigenvalue weighted by molar-refractivity contribution is 6.15. The van der Waals surface area contributed by atoms with Gasteiger partial charge >= 0.3 is 0 Å². The van der Waals surface area contributed by atoms with Crippen LogP contribution in [0.5, 0.6) is 5.75 Å². The summed E-state index contributed by atoms with van der Waals surface area (Å²) in [7, 11) is 1.63. The van der Waals surface area contributed by atoms with E-state index in [1.165, 1.54) is 5.56 Å². The van der Waals surface area contributed by atoms with Crippen molar-refractivity contribution in [3.05, 3.63) is 65.4 Å². The molecule has 160 valence electrons. The van der Waals surface area contributed by atoms with Gasteiger partial charge < -0.3 is 15.4 Å². The number of carbonyl (C=O) groups is 2. The van der Waals surface area contributed by atoms with Crippen molar-refractivity contribution in [3.8, 4) is 5.75 Å². The van der Waals surface area contributed by atoms with Gasteiger partial charge in [-0.25, -0.2) is 4.98 Å². The molecule has 0 radical (unpaired) electrons. The maximum Gasteiger partial charge on any atom is 0.220 e. The molecule has 0 bridgehead atoms. The number of piperidine rings is 1. The predicted octanol–water partition coefficient (Wildman–Crippen LogP) is 3.16. The molecule has 1 fully saturated rings. The van der Waals surface area contributed by atoms with E-state index < -0.39 is 0 Å². The van der Waals surface area contributed by atoms with Gasteiger partial charge in [-0.2, -0.15) is 0 Å². The summed E-state index contributed by atoms with van der Waals surface area (Å²) in [5.74, 6) is 0.328. The number of ketones is 1. The highest BCUT2D eigenvalue weighted by Gasteiger charge is 2.29. The number of nitrogens with one attached hydrogen (secondary N) is 1. The molecule has 3 aromatic rings. The molecule has 6 nitrogen and oxygen atoms in total. The maximum absolute atomic E-state index is 13.5. The third-order valence-electron chi connectivity index (χ3n) is 6.19. The number of fused-ring (bicyclic) bond motifs is 1. The van der Waals surface area contributed by atoms with Gasteiger partial charge in [-0.1, -0.05) is 31.2 Å². The van der Waals surface area contributed by atoms with E-state index in [-0.39, 0.29) is 17.6 Å². The van der Waals surface area contributed by atoms with Crippen molar-refractivity contribution in [1.82, 2.24) is 0 Å². The molecule has 0 unspecified atom stereocenters. The molecule has 0 spiro atoms. The number of nitrogens with zero attached hydrogens (tertiary/aromatic N) is 1. The second-order valence-electron chi connectivity index (χ2n) is 8.01. The van der Waals surface area contributed by atoms with Crippen molar-refractivity contribution < 1.29 is 19.3 Å². The van der Waals surface area contributed by atoms with Crippen LogP contribution in [0.25, 0.3) is 10.9 Å². The monoisotopic (exact) mass is 418 g/mol. The van der Waals surface area contributed by atoms with Crippen LogP contribution in [0.4, 0.5) is 5.69 Å². The van der Waals surface area contributed by atoms with Gasteiger partial charge in [-0.3, -0.25) is 9.59 Å². The lowest BCUT2D eigenvalue weighted by atomic mass is 9.93. The summed E-state index contributed by atoms with van der Waals surface area (Å²) in [5, 5.41) is 0.924. The molecular weight excluding hydrogens is 390 g/mol. The quantitative estimate of drug-likeness (QED) is 0.623. The number of pyridine rings is 1. The smallest absolute Gasteiger partial charge is 0.220 e. The fourth-order valence-corrected chi connectivity index (χ4v) is 4.28. The van der Waals surface area contributed by atoms with E-state index in [0.717, 1.165) is 28.8 Å². The first-order valence-electron chi connectivity index (χ1n) is 10.7. The van der Waals surface area contributed by atoms with Crippen LogP contribution in [0, 0.1) is 5.92 Å². The van der Waals surface area contributed by atoms with Gasteiger partial charge in [0.05, 0.1) is 18.2 Å².